The Morgan fingerprint density at radius 1 is 1.31 bits per heavy atom. The second-order valence-corrected chi connectivity index (χ2v) is 3.33. The van der Waals surface area contributed by atoms with Crippen LogP contribution in [0.5, 0.6) is 0 Å². The zero-order chi connectivity index (χ0) is 9.84. The highest BCUT2D eigenvalue weighted by Crippen LogP contribution is 2.09. The van der Waals surface area contributed by atoms with Crippen LogP contribution in [-0.2, 0) is 11.3 Å². The Hall–Kier alpha value is -1.31. The monoisotopic (exact) mass is 177 g/mol. The molecule has 13 heavy (non-hydrogen) atoms. The molecule has 0 spiro atoms. The molecule has 1 amide bonds. The van der Waals surface area contributed by atoms with Gasteiger partial charge in [0.25, 0.3) is 0 Å². The summed E-state index contributed by atoms with van der Waals surface area (Å²) in [6.45, 7) is 6.31. The zero-order valence-electron chi connectivity index (χ0n) is 8.35. The quantitative estimate of drug-likeness (QED) is 0.735. The Kier molecular flexibility index (Phi) is 3.07. The van der Waals surface area contributed by atoms with Crippen molar-refractivity contribution in [2.45, 2.75) is 27.3 Å². The number of carbonyl (C=O) groups is 1. The van der Waals surface area contributed by atoms with Crippen LogP contribution in [0.15, 0.2) is 18.2 Å². The summed E-state index contributed by atoms with van der Waals surface area (Å²) in [6, 6.07) is 6.22. The maximum absolute atomic E-state index is 10.7. The number of aryl methyl sites for hydroxylation is 2. The first kappa shape index (κ1) is 9.78. The Bertz CT molecular complexity index is 318. The maximum atomic E-state index is 10.7. The van der Waals surface area contributed by atoms with Gasteiger partial charge in [0.2, 0.25) is 5.91 Å². The lowest BCUT2D eigenvalue weighted by Crippen LogP contribution is -2.18. The highest BCUT2D eigenvalue weighted by molar-refractivity contribution is 5.72. The molecule has 2 nitrogen and oxygen atoms in total. The van der Waals surface area contributed by atoms with Gasteiger partial charge in [0.05, 0.1) is 0 Å². The van der Waals surface area contributed by atoms with Gasteiger partial charge in [0.1, 0.15) is 0 Å². The van der Waals surface area contributed by atoms with Crippen LogP contribution in [0, 0.1) is 13.8 Å². The molecule has 0 fully saturated rings. The second kappa shape index (κ2) is 4.08. The van der Waals surface area contributed by atoms with Gasteiger partial charge in [-0.2, -0.15) is 0 Å². The van der Waals surface area contributed by atoms with E-state index in [4.69, 9.17) is 0 Å². The third-order valence-corrected chi connectivity index (χ3v) is 2.11. The smallest absolute Gasteiger partial charge is 0.217 e. The van der Waals surface area contributed by atoms with E-state index in [0.717, 1.165) is 5.56 Å². The average molecular weight is 177 g/mol. The number of nitrogens with one attached hydrogen (secondary N) is 1. The molecule has 0 unspecified atom stereocenters. The number of hydrogen-bond donors (Lipinski definition) is 1. The summed E-state index contributed by atoms with van der Waals surface area (Å²) in [6.07, 6.45) is 0. The van der Waals surface area contributed by atoms with Gasteiger partial charge in [-0.25, -0.2) is 0 Å². The molecule has 1 aromatic rings. The fourth-order valence-corrected chi connectivity index (χ4v) is 1.14. The predicted molar refractivity (Wildman–Crippen MR) is 53.4 cm³/mol. The van der Waals surface area contributed by atoms with Crippen LogP contribution in [0.2, 0.25) is 0 Å². The lowest BCUT2D eigenvalue weighted by atomic mass is 10.1. The summed E-state index contributed by atoms with van der Waals surface area (Å²) < 4.78 is 0. The van der Waals surface area contributed by atoms with E-state index in [0.29, 0.717) is 6.54 Å². The molecule has 1 N–H and O–H groups in total. The number of carbonyl (C=O) groups excluding carboxylic acids is 1. The van der Waals surface area contributed by atoms with Gasteiger partial charge in [-0.05, 0) is 30.5 Å². The Labute approximate surface area is 79.0 Å². The topological polar surface area (TPSA) is 29.1 Å². The maximum Gasteiger partial charge on any atom is 0.217 e. The van der Waals surface area contributed by atoms with Gasteiger partial charge in [0, 0.05) is 13.5 Å². The number of benzene rings is 1. The van der Waals surface area contributed by atoms with Crippen LogP contribution in [0.3, 0.4) is 0 Å². The van der Waals surface area contributed by atoms with E-state index in [-0.39, 0.29) is 5.91 Å². The van der Waals surface area contributed by atoms with Gasteiger partial charge in [-0.15, -0.1) is 0 Å². The largest absolute Gasteiger partial charge is 0.352 e. The van der Waals surface area contributed by atoms with E-state index in [2.05, 4.69) is 31.3 Å². The van der Waals surface area contributed by atoms with E-state index in [1.165, 1.54) is 18.1 Å². The van der Waals surface area contributed by atoms with Gasteiger partial charge in [-0.3, -0.25) is 4.79 Å². The molecule has 0 atom stereocenters. The number of amides is 1. The van der Waals surface area contributed by atoms with Crippen LogP contribution in [-0.4, -0.2) is 5.91 Å². The fourth-order valence-electron chi connectivity index (χ4n) is 1.14. The number of hydrogen-bond acceptors (Lipinski definition) is 1. The molecule has 0 aliphatic heterocycles. The molecule has 0 saturated heterocycles. The summed E-state index contributed by atoms with van der Waals surface area (Å²) in [5.41, 5.74) is 3.70. The molecule has 0 heterocycles. The molecule has 0 saturated carbocycles. The van der Waals surface area contributed by atoms with Crippen molar-refractivity contribution in [3.63, 3.8) is 0 Å². The van der Waals surface area contributed by atoms with E-state index in [1.807, 2.05) is 6.07 Å². The highest BCUT2D eigenvalue weighted by atomic mass is 16.1. The zero-order valence-corrected chi connectivity index (χ0v) is 8.35. The van der Waals surface area contributed by atoms with Crippen molar-refractivity contribution in [3.8, 4) is 0 Å². The minimum atomic E-state index is 0.0122. The van der Waals surface area contributed by atoms with Gasteiger partial charge >= 0.3 is 0 Å². The molecular weight excluding hydrogens is 162 g/mol. The minimum Gasteiger partial charge on any atom is -0.352 e. The Morgan fingerprint density at radius 3 is 2.54 bits per heavy atom. The predicted octanol–water partition coefficient (Wildman–Crippen LogP) is 1.94. The minimum absolute atomic E-state index is 0.0122. The number of rotatable bonds is 2. The van der Waals surface area contributed by atoms with Gasteiger partial charge in [0.15, 0.2) is 0 Å². The highest BCUT2D eigenvalue weighted by Gasteiger charge is 1.96. The Balaban J connectivity index is 2.68. The summed E-state index contributed by atoms with van der Waals surface area (Å²) in [7, 11) is 0. The first-order valence-corrected chi connectivity index (χ1v) is 4.40. The first-order chi connectivity index (χ1) is 6.09. The average Bonchev–Trinajstić information content (AvgIpc) is 2.07. The van der Waals surface area contributed by atoms with E-state index in [9.17, 15) is 4.79 Å². The van der Waals surface area contributed by atoms with Crippen molar-refractivity contribution in [2.75, 3.05) is 0 Å². The standard InChI is InChI=1S/C11H15NO/c1-8-4-5-11(6-9(8)2)7-12-10(3)13/h4-6H,7H2,1-3H3,(H,12,13). The molecular formula is C11H15NO. The lowest BCUT2D eigenvalue weighted by molar-refractivity contribution is -0.119. The van der Waals surface area contributed by atoms with Crippen molar-refractivity contribution in [2.24, 2.45) is 0 Å². The second-order valence-electron chi connectivity index (χ2n) is 3.33. The van der Waals surface area contributed by atoms with Crippen LogP contribution in [0.4, 0.5) is 0 Å². The van der Waals surface area contributed by atoms with Crippen molar-refractivity contribution in [3.05, 3.63) is 34.9 Å². The third kappa shape index (κ3) is 2.90. The molecule has 0 bridgehead atoms. The van der Waals surface area contributed by atoms with Gasteiger partial charge < -0.3 is 5.32 Å². The van der Waals surface area contributed by atoms with E-state index in [1.54, 1.807) is 0 Å². The molecule has 0 aromatic heterocycles. The molecule has 1 aromatic carbocycles. The molecule has 0 radical (unpaired) electrons. The summed E-state index contributed by atoms with van der Waals surface area (Å²) >= 11 is 0. The van der Waals surface area contributed by atoms with E-state index >= 15 is 0 Å². The molecule has 70 valence electrons. The lowest BCUT2D eigenvalue weighted by Gasteiger charge is -2.05. The summed E-state index contributed by atoms with van der Waals surface area (Å²) in [5.74, 6) is 0.0122. The van der Waals surface area contributed by atoms with Crippen LogP contribution in [0.25, 0.3) is 0 Å². The van der Waals surface area contributed by atoms with Crippen LogP contribution >= 0.6 is 0 Å². The fraction of sp³-hybridized carbons (Fsp3) is 0.364. The summed E-state index contributed by atoms with van der Waals surface area (Å²) in [4.78, 5) is 10.7. The van der Waals surface area contributed by atoms with Crippen molar-refractivity contribution in [1.29, 1.82) is 0 Å². The molecule has 1 rings (SSSR count). The van der Waals surface area contributed by atoms with Crippen molar-refractivity contribution >= 4 is 5.91 Å². The summed E-state index contributed by atoms with van der Waals surface area (Å²) in [5, 5.41) is 2.77. The molecule has 2 heteroatoms. The molecule has 0 aliphatic carbocycles. The van der Waals surface area contributed by atoms with Crippen LogP contribution < -0.4 is 5.32 Å². The van der Waals surface area contributed by atoms with E-state index < -0.39 is 0 Å². The third-order valence-electron chi connectivity index (χ3n) is 2.11. The van der Waals surface area contributed by atoms with Crippen LogP contribution in [0.1, 0.15) is 23.6 Å². The van der Waals surface area contributed by atoms with Crippen molar-refractivity contribution < 1.29 is 4.79 Å². The SMILES string of the molecule is CC(=O)NCc1ccc(C)c(C)c1. The van der Waals surface area contributed by atoms with Gasteiger partial charge in [-0.1, -0.05) is 18.2 Å². The Morgan fingerprint density at radius 2 is 2.00 bits per heavy atom. The first-order valence-electron chi connectivity index (χ1n) is 4.40. The normalized spacial score (nSPS) is 9.77. The van der Waals surface area contributed by atoms with Crippen molar-refractivity contribution in [1.82, 2.24) is 5.32 Å². The molecule has 0 aliphatic rings.